The molecule has 10 heteroatoms. The van der Waals surface area contributed by atoms with E-state index < -0.39 is 6.09 Å². The average molecular weight is 493 g/mol. The largest absolute Gasteiger partial charge is 0.467 e. The molecule has 1 fully saturated rings. The molecule has 5 rings (SSSR count). The van der Waals surface area contributed by atoms with Crippen molar-refractivity contribution in [1.82, 2.24) is 19.5 Å². The summed E-state index contributed by atoms with van der Waals surface area (Å²) in [4.78, 5) is 28.7. The average Bonchev–Trinajstić information content (AvgIpc) is 3.51. The van der Waals surface area contributed by atoms with Gasteiger partial charge in [-0.2, -0.15) is 4.98 Å². The first kappa shape index (κ1) is 23.1. The van der Waals surface area contributed by atoms with Crippen molar-refractivity contribution in [3.63, 3.8) is 0 Å². The molecular weight excluding hydrogens is 464 g/mol. The number of piperidine rings is 1. The number of thiazole rings is 1. The lowest BCUT2D eigenvalue weighted by atomic mass is 10.1. The molecule has 0 radical (unpaired) electrons. The highest BCUT2D eigenvalue weighted by atomic mass is 32.1. The Morgan fingerprint density at radius 2 is 1.97 bits per heavy atom. The zero-order chi connectivity index (χ0) is 24.4. The fourth-order valence-electron chi connectivity index (χ4n) is 4.35. The van der Waals surface area contributed by atoms with Crippen molar-refractivity contribution in [1.29, 1.82) is 0 Å². The van der Waals surface area contributed by atoms with Crippen LogP contribution in [0.15, 0.2) is 48.2 Å². The van der Waals surface area contributed by atoms with Gasteiger partial charge in [-0.25, -0.2) is 14.8 Å². The van der Waals surface area contributed by atoms with Gasteiger partial charge in [-0.3, -0.25) is 4.90 Å². The Morgan fingerprint density at radius 1 is 1.20 bits per heavy atom. The predicted molar refractivity (Wildman–Crippen MR) is 137 cm³/mol. The first-order chi connectivity index (χ1) is 17.1. The van der Waals surface area contributed by atoms with E-state index in [-0.39, 0.29) is 6.10 Å². The number of hydrogen-bond acceptors (Lipinski definition) is 7. The van der Waals surface area contributed by atoms with Crippen LogP contribution in [0.1, 0.15) is 32.3 Å². The standard InChI is InChI=1S/C25H28N6O3S/c1-3-17-14-26-23(27-15-17)29-10-8-20(9-11-29)34-24-28-22(16-35-24)31-12-7-18-13-19(5-6-21(18)31)30(4-2)25(32)33/h5-7,12-16,20H,3-4,8-11H2,1-2H3,(H,32,33). The number of benzene rings is 1. The van der Waals surface area contributed by atoms with Crippen LogP contribution in [0.25, 0.3) is 16.7 Å². The van der Waals surface area contributed by atoms with Gasteiger partial charge in [0.1, 0.15) is 6.10 Å². The van der Waals surface area contributed by atoms with Crippen LogP contribution in [0.2, 0.25) is 0 Å². The van der Waals surface area contributed by atoms with Crippen molar-refractivity contribution in [2.24, 2.45) is 0 Å². The number of nitrogens with zero attached hydrogens (tertiary/aromatic N) is 6. The van der Waals surface area contributed by atoms with Crippen LogP contribution in [0, 0.1) is 0 Å². The third-order valence-electron chi connectivity index (χ3n) is 6.34. The molecule has 182 valence electrons. The molecule has 4 aromatic rings. The Hall–Kier alpha value is -3.66. The summed E-state index contributed by atoms with van der Waals surface area (Å²) in [5, 5.41) is 13.0. The third kappa shape index (κ3) is 4.79. The summed E-state index contributed by atoms with van der Waals surface area (Å²) >= 11 is 1.49. The minimum absolute atomic E-state index is 0.111. The van der Waals surface area contributed by atoms with Crippen LogP contribution in [0.3, 0.4) is 0 Å². The number of ether oxygens (including phenoxy) is 1. The van der Waals surface area contributed by atoms with E-state index in [2.05, 4.69) is 21.8 Å². The van der Waals surface area contributed by atoms with Crippen LogP contribution >= 0.6 is 11.3 Å². The Bertz CT molecular complexity index is 1310. The van der Waals surface area contributed by atoms with Gasteiger partial charge in [0.05, 0.1) is 5.52 Å². The molecule has 1 N–H and O–H groups in total. The van der Waals surface area contributed by atoms with Gasteiger partial charge in [0.2, 0.25) is 5.95 Å². The molecule has 0 bridgehead atoms. The maximum Gasteiger partial charge on any atom is 0.411 e. The lowest BCUT2D eigenvalue weighted by Crippen LogP contribution is -2.39. The molecule has 1 aliphatic heterocycles. The highest BCUT2D eigenvalue weighted by Crippen LogP contribution is 2.29. The molecule has 0 saturated carbocycles. The third-order valence-corrected chi connectivity index (χ3v) is 7.06. The molecule has 0 unspecified atom stereocenters. The van der Waals surface area contributed by atoms with Gasteiger partial charge in [-0.1, -0.05) is 18.3 Å². The summed E-state index contributed by atoms with van der Waals surface area (Å²) in [6.45, 7) is 6.02. The van der Waals surface area contributed by atoms with Gasteiger partial charge in [0.25, 0.3) is 5.19 Å². The first-order valence-electron chi connectivity index (χ1n) is 11.9. The summed E-state index contributed by atoms with van der Waals surface area (Å²) in [6.07, 6.45) is 7.63. The van der Waals surface area contributed by atoms with Crippen molar-refractivity contribution < 1.29 is 14.6 Å². The summed E-state index contributed by atoms with van der Waals surface area (Å²) in [6, 6.07) is 7.62. The number of carboxylic acid groups (broad SMARTS) is 1. The smallest absolute Gasteiger partial charge is 0.411 e. The molecule has 0 aliphatic carbocycles. The van der Waals surface area contributed by atoms with Crippen LogP contribution in [-0.2, 0) is 6.42 Å². The number of fused-ring (bicyclic) bond motifs is 1. The Labute approximate surface area is 207 Å². The minimum Gasteiger partial charge on any atom is -0.467 e. The van der Waals surface area contributed by atoms with Gasteiger partial charge < -0.3 is 19.3 Å². The number of carbonyl (C=O) groups is 1. The molecule has 1 aromatic carbocycles. The highest BCUT2D eigenvalue weighted by Gasteiger charge is 2.23. The molecule has 9 nitrogen and oxygen atoms in total. The van der Waals surface area contributed by atoms with Crippen LogP contribution in [-0.4, -0.2) is 56.5 Å². The fraction of sp³-hybridized carbons (Fsp3) is 0.360. The molecular formula is C25H28N6O3S. The van der Waals surface area contributed by atoms with E-state index in [0.717, 1.165) is 60.6 Å². The van der Waals surface area contributed by atoms with Crippen molar-refractivity contribution in [3.8, 4) is 11.0 Å². The lowest BCUT2D eigenvalue weighted by Gasteiger charge is -2.31. The lowest BCUT2D eigenvalue weighted by molar-refractivity contribution is 0.170. The summed E-state index contributed by atoms with van der Waals surface area (Å²) in [7, 11) is 0. The predicted octanol–water partition coefficient (Wildman–Crippen LogP) is 4.99. The zero-order valence-corrected chi connectivity index (χ0v) is 20.6. The van der Waals surface area contributed by atoms with Crippen molar-refractivity contribution >= 4 is 40.0 Å². The Balaban J connectivity index is 1.24. The van der Waals surface area contributed by atoms with Crippen LogP contribution < -0.4 is 14.5 Å². The van der Waals surface area contributed by atoms with Gasteiger partial charge in [0, 0.05) is 67.5 Å². The van der Waals surface area contributed by atoms with E-state index in [1.807, 2.05) is 59.7 Å². The highest BCUT2D eigenvalue weighted by molar-refractivity contribution is 7.11. The molecule has 1 amide bonds. The number of rotatable bonds is 7. The SMILES string of the molecule is CCc1cnc(N2CCC(Oc3nc(-n4ccc5cc(N(CC)C(=O)O)ccc54)cs3)CC2)nc1. The molecule has 0 spiro atoms. The number of hydrogen-bond donors (Lipinski definition) is 1. The van der Waals surface area contributed by atoms with Crippen LogP contribution in [0.4, 0.5) is 16.4 Å². The molecule has 0 atom stereocenters. The van der Waals surface area contributed by atoms with Crippen molar-refractivity contribution in [3.05, 3.63) is 53.8 Å². The topological polar surface area (TPSA) is 96.6 Å². The second-order valence-electron chi connectivity index (χ2n) is 8.48. The van der Waals surface area contributed by atoms with Gasteiger partial charge in [-0.05, 0) is 43.2 Å². The van der Waals surface area contributed by atoms with Gasteiger partial charge in [0.15, 0.2) is 5.82 Å². The minimum atomic E-state index is -0.958. The quantitative estimate of drug-likeness (QED) is 0.388. The van der Waals surface area contributed by atoms with Crippen LogP contribution in [0.5, 0.6) is 5.19 Å². The second kappa shape index (κ2) is 9.91. The monoisotopic (exact) mass is 492 g/mol. The van der Waals surface area contributed by atoms with E-state index in [1.54, 1.807) is 0 Å². The van der Waals surface area contributed by atoms with E-state index >= 15 is 0 Å². The normalized spacial score (nSPS) is 14.4. The van der Waals surface area contributed by atoms with E-state index in [0.29, 0.717) is 17.4 Å². The zero-order valence-electron chi connectivity index (χ0n) is 19.8. The van der Waals surface area contributed by atoms with Gasteiger partial charge in [-0.15, -0.1) is 0 Å². The van der Waals surface area contributed by atoms with E-state index in [4.69, 9.17) is 9.72 Å². The van der Waals surface area contributed by atoms with E-state index in [9.17, 15) is 9.90 Å². The fourth-order valence-corrected chi connectivity index (χ4v) is 5.06. The maximum atomic E-state index is 11.5. The maximum absolute atomic E-state index is 11.5. The Morgan fingerprint density at radius 3 is 2.66 bits per heavy atom. The number of amides is 1. The molecule has 1 saturated heterocycles. The summed E-state index contributed by atoms with van der Waals surface area (Å²) in [5.41, 5.74) is 2.77. The van der Waals surface area contributed by atoms with Crippen molar-refractivity contribution in [2.45, 2.75) is 39.2 Å². The summed E-state index contributed by atoms with van der Waals surface area (Å²) in [5.74, 6) is 1.57. The number of anilines is 2. The first-order valence-corrected chi connectivity index (χ1v) is 12.7. The van der Waals surface area contributed by atoms with Crippen molar-refractivity contribution in [2.75, 3.05) is 29.4 Å². The number of aromatic nitrogens is 4. The molecule has 35 heavy (non-hydrogen) atoms. The molecule has 1 aliphatic rings. The van der Waals surface area contributed by atoms with Gasteiger partial charge >= 0.3 is 6.09 Å². The second-order valence-corrected chi connectivity index (χ2v) is 9.30. The molecule has 4 heterocycles. The Kier molecular flexibility index (Phi) is 6.54. The number of aryl methyl sites for hydroxylation is 1. The molecule has 3 aromatic heterocycles. The van der Waals surface area contributed by atoms with E-state index in [1.165, 1.54) is 16.2 Å². The summed E-state index contributed by atoms with van der Waals surface area (Å²) < 4.78 is 8.21.